The van der Waals surface area contributed by atoms with E-state index >= 15 is 0 Å². The molecule has 0 spiro atoms. The number of aromatic nitrogens is 1. The van der Waals surface area contributed by atoms with Gasteiger partial charge >= 0.3 is 6.18 Å². The Balaban J connectivity index is 2.28. The van der Waals surface area contributed by atoms with E-state index in [-0.39, 0.29) is 22.3 Å². The minimum absolute atomic E-state index is 0.00280. The molecule has 5 nitrogen and oxygen atoms in total. The van der Waals surface area contributed by atoms with Crippen molar-refractivity contribution in [1.29, 1.82) is 0 Å². The number of alkyl halides is 3. The number of halogens is 4. The van der Waals surface area contributed by atoms with E-state index in [0.717, 1.165) is 12.1 Å². The van der Waals surface area contributed by atoms with Crippen molar-refractivity contribution in [2.24, 2.45) is 0 Å². The first-order valence-corrected chi connectivity index (χ1v) is 7.90. The average Bonchev–Trinajstić information content (AvgIpc) is 2.55. The molecule has 2 rings (SSSR count). The highest BCUT2D eigenvalue weighted by atomic mass is 35.5. The number of benzene rings is 1. The van der Waals surface area contributed by atoms with E-state index in [1.807, 2.05) is 0 Å². The number of hydrogen-bond donors (Lipinski definition) is 2. The summed E-state index contributed by atoms with van der Waals surface area (Å²) in [6.07, 6.45) is -3.45. The van der Waals surface area contributed by atoms with Crippen LogP contribution < -0.4 is 10.6 Å². The number of rotatable bonds is 4. The maximum absolute atomic E-state index is 13.1. The molecule has 2 amide bonds. The molecule has 26 heavy (non-hydrogen) atoms. The summed E-state index contributed by atoms with van der Waals surface area (Å²) in [5.74, 6) is -1.30. The first-order valence-electron chi connectivity index (χ1n) is 7.53. The number of nitrogens with zero attached hydrogens (tertiary/aromatic N) is 1. The monoisotopic (exact) mass is 385 g/mol. The van der Waals surface area contributed by atoms with Crippen LogP contribution in [0.3, 0.4) is 0 Å². The Morgan fingerprint density at radius 3 is 2.42 bits per heavy atom. The lowest BCUT2D eigenvalue weighted by Crippen LogP contribution is -2.31. The van der Waals surface area contributed by atoms with Crippen LogP contribution in [-0.4, -0.2) is 22.8 Å². The molecule has 0 fully saturated rings. The van der Waals surface area contributed by atoms with Crippen molar-refractivity contribution >= 4 is 29.1 Å². The fourth-order valence-corrected chi connectivity index (χ4v) is 2.26. The van der Waals surface area contributed by atoms with E-state index in [1.165, 1.54) is 24.4 Å². The Labute approximate surface area is 152 Å². The van der Waals surface area contributed by atoms with Gasteiger partial charge in [-0.15, -0.1) is 0 Å². The first-order chi connectivity index (χ1) is 12.1. The zero-order valence-electron chi connectivity index (χ0n) is 13.8. The summed E-state index contributed by atoms with van der Waals surface area (Å²) in [6, 6.07) is 5.40. The molecule has 1 aromatic heterocycles. The summed E-state index contributed by atoms with van der Waals surface area (Å²) in [7, 11) is 0. The molecule has 0 radical (unpaired) electrons. The molecule has 1 heterocycles. The summed E-state index contributed by atoms with van der Waals surface area (Å²) in [6.45, 7) is 3.52. The predicted octanol–water partition coefficient (Wildman–Crippen LogP) is 4.14. The van der Waals surface area contributed by atoms with Crippen LogP contribution in [0.25, 0.3) is 0 Å². The Bertz CT molecular complexity index is 838. The zero-order chi connectivity index (χ0) is 19.5. The van der Waals surface area contributed by atoms with Crippen molar-refractivity contribution in [2.45, 2.75) is 26.1 Å². The summed E-state index contributed by atoms with van der Waals surface area (Å²) >= 11 is 5.61. The summed E-state index contributed by atoms with van der Waals surface area (Å²) in [5.41, 5.74) is -1.52. The van der Waals surface area contributed by atoms with Crippen molar-refractivity contribution in [3.63, 3.8) is 0 Å². The van der Waals surface area contributed by atoms with E-state index < -0.39 is 29.2 Å². The van der Waals surface area contributed by atoms with Gasteiger partial charge in [0.2, 0.25) is 0 Å². The molecular formula is C17H15ClF3N3O2. The van der Waals surface area contributed by atoms with E-state index in [4.69, 9.17) is 11.6 Å². The molecule has 0 saturated carbocycles. The lowest BCUT2D eigenvalue weighted by molar-refractivity contribution is -0.136. The third-order valence-electron chi connectivity index (χ3n) is 3.21. The number of hydrogen-bond acceptors (Lipinski definition) is 3. The maximum atomic E-state index is 13.1. The van der Waals surface area contributed by atoms with E-state index in [9.17, 15) is 22.8 Å². The van der Waals surface area contributed by atoms with Crippen LogP contribution in [0.5, 0.6) is 0 Å². The molecule has 2 N–H and O–H groups in total. The molecule has 0 saturated heterocycles. The molecular weight excluding hydrogens is 371 g/mol. The van der Waals surface area contributed by atoms with Gasteiger partial charge in [-0.05, 0) is 44.2 Å². The van der Waals surface area contributed by atoms with Gasteiger partial charge in [-0.3, -0.25) is 14.6 Å². The van der Waals surface area contributed by atoms with Crippen LogP contribution in [0.1, 0.15) is 40.3 Å². The van der Waals surface area contributed by atoms with Gasteiger partial charge in [0.05, 0.1) is 11.3 Å². The van der Waals surface area contributed by atoms with Crippen molar-refractivity contribution in [2.75, 3.05) is 5.32 Å². The summed E-state index contributed by atoms with van der Waals surface area (Å²) in [5, 5.41) is 4.70. The fourth-order valence-electron chi connectivity index (χ4n) is 2.09. The summed E-state index contributed by atoms with van der Waals surface area (Å²) < 4.78 is 39.3. The topological polar surface area (TPSA) is 71.1 Å². The van der Waals surface area contributed by atoms with Crippen LogP contribution >= 0.6 is 11.6 Å². The molecule has 1 aromatic carbocycles. The number of amides is 2. The van der Waals surface area contributed by atoms with Crippen molar-refractivity contribution in [3.05, 3.63) is 58.4 Å². The zero-order valence-corrected chi connectivity index (χ0v) is 14.6. The van der Waals surface area contributed by atoms with Gasteiger partial charge in [0, 0.05) is 22.8 Å². The highest BCUT2D eigenvalue weighted by molar-refractivity contribution is 6.30. The van der Waals surface area contributed by atoms with Gasteiger partial charge in [0.25, 0.3) is 11.8 Å². The van der Waals surface area contributed by atoms with Crippen LogP contribution in [0, 0.1) is 0 Å². The molecule has 0 aliphatic heterocycles. The first kappa shape index (κ1) is 19.7. The predicted molar refractivity (Wildman–Crippen MR) is 91.2 cm³/mol. The van der Waals surface area contributed by atoms with Crippen LogP contribution in [0.4, 0.5) is 18.9 Å². The Hall–Kier alpha value is -2.61. The second-order valence-electron chi connectivity index (χ2n) is 5.70. The second-order valence-corrected chi connectivity index (χ2v) is 6.14. The highest BCUT2D eigenvalue weighted by Crippen LogP contribution is 2.36. The van der Waals surface area contributed by atoms with Gasteiger partial charge < -0.3 is 10.6 Å². The van der Waals surface area contributed by atoms with Gasteiger partial charge in [0.15, 0.2) is 0 Å². The van der Waals surface area contributed by atoms with Gasteiger partial charge in [-0.25, -0.2) is 0 Å². The van der Waals surface area contributed by atoms with Crippen molar-refractivity contribution in [3.8, 4) is 0 Å². The Morgan fingerprint density at radius 2 is 1.81 bits per heavy atom. The average molecular weight is 386 g/mol. The molecule has 0 bridgehead atoms. The number of carbonyl (C=O) groups excluding carboxylic acids is 2. The minimum atomic E-state index is -4.69. The van der Waals surface area contributed by atoms with E-state index in [2.05, 4.69) is 15.6 Å². The molecule has 138 valence electrons. The number of nitrogens with one attached hydrogen (secondary N) is 2. The number of carbonyl (C=O) groups is 2. The lowest BCUT2D eigenvalue weighted by Gasteiger charge is -2.14. The van der Waals surface area contributed by atoms with Crippen LogP contribution in [0.15, 0.2) is 36.5 Å². The third-order valence-corrected chi connectivity index (χ3v) is 3.44. The normalized spacial score (nSPS) is 11.3. The van der Waals surface area contributed by atoms with Gasteiger partial charge in [0.1, 0.15) is 5.69 Å². The molecule has 0 unspecified atom stereocenters. The van der Waals surface area contributed by atoms with Gasteiger partial charge in [-0.2, -0.15) is 13.2 Å². The lowest BCUT2D eigenvalue weighted by atomic mass is 10.1. The highest BCUT2D eigenvalue weighted by Gasteiger charge is 2.34. The largest absolute Gasteiger partial charge is 0.418 e. The van der Waals surface area contributed by atoms with Crippen LogP contribution in [0.2, 0.25) is 5.02 Å². The van der Waals surface area contributed by atoms with Crippen molar-refractivity contribution < 1.29 is 22.8 Å². The second kappa shape index (κ2) is 7.74. The maximum Gasteiger partial charge on any atom is 0.418 e. The molecule has 9 heteroatoms. The standard InChI is InChI=1S/C17H15ClF3N3O2/c1-9(2)23-16(26)14-7-10(5-6-22-14)15(25)24-13-4-3-11(18)8-12(13)17(19,20)21/h3-9H,1-2H3,(H,23,26)(H,24,25). The van der Waals surface area contributed by atoms with Crippen molar-refractivity contribution in [1.82, 2.24) is 10.3 Å². The minimum Gasteiger partial charge on any atom is -0.349 e. The van der Waals surface area contributed by atoms with Crippen LogP contribution in [-0.2, 0) is 6.18 Å². The Morgan fingerprint density at radius 1 is 1.12 bits per heavy atom. The van der Waals surface area contributed by atoms with E-state index in [1.54, 1.807) is 13.8 Å². The Kier molecular flexibility index (Phi) is 5.86. The van der Waals surface area contributed by atoms with Gasteiger partial charge in [-0.1, -0.05) is 11.6 Å². The molecule has 2 aromatic rings. The SMILES string of the molecule is CC(C)NC(=O)c1cc(C(=O)Nc2ccc(Cl)cc2C(F)(F)F)ccn1. The fraction of sp³-hybridized carbons (Fsp3) is 0.235. The third kappa shape index (κ3) is 4.95. The molecule has 0 aliphatic rings. The molecule has 0 atom stereocenters. The summed E-state index contributed by atoms with van der Waals surface area (Å²) in [4.78, 5) is 28.1. The quantitative estimate of drug-likeness (QED) is 0.830. The number of pyridine rings is 1. The smallest absolute Gasteiger partial charge is 0.349 e. The molecule has 0 aliphatic carbocycles. The van der Waals surface area contributed by atoms with E-state index in [0.29, 0.717) is 0 Å². The number of anilines is 1.